The Kier molecular flexibility index (Phi) is 4.79. The van der Waals surface area contributed by atoms with Gasteiger partial charge in [-0.1, -0.05) is 0 Å². The second-order valence-corrected chi connectivity index (χ2v) is 9.77. The van der Waals surface area contributed by atoms with E-state index in [0.717, 1.165) is 18.5 Å². The number of amides is 1. The molecule has 4 heterocycles. The number of carbonyl (C=O) groups is 1. The Morgan fingerprint density at radius 2 is 1.85 bits per heavy atom. The highest BCUT2D eigenvalue weighted by Crippen LogP contribution is 2.26. The summed E-state index contributed by atoms with van der Waals surface area (Å²) in [5, 5.41) is 3.04. The predicted molar refractivity (Wildman–Crippen MR) is 101 cm³/mol. The lowest BCUT2D eigenvalue weighted by molar-refractivity contribution is -0.126. The van der Waals surface area contributed by atoms with Crippen LogP contribution in [0.15, 0.2) is 16.5 Å². The standard InChI is InChI=1S/C18H24N4O4S/c1-12-2-3-15-16(19-12)21-18(26-15)22-8-4-13(5-9-22)17(23)20-14-6-10-27(24,25)11-7-14/h2-3,13-14H,4-11H2,1H3,(H,20,23). The summed E-state index contributed by atoms with van der Waals surface area (Å²) in [6.45, 7) is 3.31. The highest BCUT2D eigenvalue weighted by molar-refractivity contribution is 7.91. The third kappa shape index (κ3) is 4.07. The zero-order chi connectivity index (χ0) is 19.0. The molecular weight excluding hydrogens is 368 g/mol. The van der Waals surface area contributed by atoms with Crippen LogP contribution in [0.4, 0.5) is 6.01 Å². The van der Waals surface area contributed by atoms with E-state index in [2.05, 4.69) is 15.3 Å². The summed E-state index contributed by atoms with van der Waals surface area (Å²) in [5.74, 6) is 0.321. The smallest absolute Gasteiger partial charge is 0.299 e. The Balaban J connectivity index is 1.32. The van der Waals surface area contributed by atoms with Gasteiger partial charge in [0.2, 0.25) is 11.6 Å². The second-order valence-electron chi connectivity index (χ2n) is 7.47. The largest absolute Gasteiger partial charge is 0.422 e. The third-order valence-corrected chi connectivity index (χ3v) is 7.13. The zero-order valence-electron chi connectivity index (χ0n) is 15.3. The molecule has 4 rings (SSSR count). The summed E-state index contributed by atoms with van der Waals surface area (Å²) in [6, 6.07) is 4.30. The molecule has 0 aromatic carbocycles. The molecule has 0 aliphatic carbocycles. The molecule has 1 N–H and O–H groups in total. The van der Waals surface area contributed by atoms with Crippen molar-refractivity contribution in [1.29, 1.82) is 0 Å². The van der Waals surface area contributed by atoms with E-state index in [4.69, 9.17) is 4.42 Å². The van der Waals surface area contributed by atoms with Crippen LogP contribution in [0.1, 0.15) is 31.4 Å². The molecule has 1 amide bonds. The lowest BCUT2D eigenvalue weighted by Crippen LogP contribution is -2.46. The number of aryl methyl sites for hydroxylation is 1. The fraction of sp³-hybridized carbons (Fsp3) is 0.611. The quantitative estimate of drug-likeness (QED) is 0.842. The molecule has 9 heteroatoms. The molecule has 8 nitrogen and oxygen atoms in total. The van der Waals surface area contributed by atoms with Crippen molar-refractivity contribution in [1.82, 2.24) is 15.3 Å². The Hall–Kier alpha value is -2.16. The van der Waals surface area contributed by atoms with Gasteiger partial charge in [-0.05, 0) is 44.7 Å². The van der Waals surface area contributed by atoms with Crippen molar-refractivity contribution < 1.29 is 17.6 Å². The van der Waals surface area contributed by atoms with Crippen LogP contribution in [0, 0.1) is 12.8 Å². The first kappa shape index (κ1) is 18.2. The van der Waals surface area contributed by atoms with Crippen LogP contribution >= 0.6 is 0 Å². The fourth-order valence-electron chi connectivity index (χ4n) is 3.72. The van der Waals surface area contributed by atoms with Crippen LogP contribution in [0.5, 0.6) is 0 Å². The molecule has 2 aromatic rings. The molecule has 2 saturated heterocycles. The predicted octanol–water partition coefficient (Wildman–Crippen LogP) is 1.44. The number of nitrogens with one attached hydrogen (secondary N) is 1. The first-order valence-corrected chi connectivity index (χ1v) is 11.2. The average molecular weight is 392 g/mol. The fourth-order valence-corrected chi connectivity index (χ4v) is 5.21. The number of hydrogen-bond donors (Lipinski definition) is 1. The minimum Gasteiger partial charge on any atom is -0.422 e. The second kappa shape index (κ2) is 7.10. The van der Waals surface area contributed by atoms with E-state index in [9.17, 15) is 13.2 Å². The average Bonchev–Trinajstić information content (AvgIpc) is 3.06. The van der Waals surface area contributed by atoms with Crippen LogP contribution in [-0.2, 0) is 14.6 Å². The molecule has 2 aliphatic rings. The molecular formula is C18H24N4O4S. The Morgan fingerprint density at radius 3 is 2.56 bits per heavy atom. The van der Waals surface area contributed by atoms with E-state index < -0.39 is 9.84 Å². The number of oxazole rings is 1. The summed E-state index contributed by atoms with van der Waals surface area (Å²) >= 11 is 0. The van der Waals surface area contributed by atoms with E-state index in [0.29, 0.717) is 43.2 Å². The number of sulfone groups is 1. The highest BCUT2D eigenvalue weighted by atomic mass is 32.2. The van der Waals surface area contributed by atoms with Crippen molar-refractivity contribution in [2.75, 3.05) is 29.5 Å². The molecule has 146 valence electrons. The molecule has 2 aliphatic heterocycles. The van der Waals surface area contributed by atoms with Gasteiger partial charge in [-0.2, -0.15) is 4.98 Å². The maximum Gasteiger partial charge on any atom is 0.299 e. The molecule has 0 atom stereocenters. The van der Waals surface area contributed by atoms with E-state index in [1.54, 1.807) is 0 Å². The van der Waals surface area contributed by atoms with Gasteiger partial charge < -0.3 is 14.6 Å². The Bertz CT molecular complexity index is 933. The highest BCUT2D eigenvalue weighted by Gasteiger charge is 2.30. The molecule has 0 saturated carbocycles. The van der Waals surface area contributed by atoms with Crippen molar-refractivity contribution >= 4 is 33.0 Å². The van der Waals surface area contributed by atoms with Crippen molar-refractivity contribution in [3.05, 3.63) is 17.8 Å². The lowest BCUT2D eigenvalue weighted by Gasteiger charge is -2.31. The van der Waals surface area contributed by atoms with Gasteiger partial charge in [0, 0.05) is 30.7 Å². The van der Waals surface area contributed by atoms with Crippen molar-refractivity contribution in [3.63, 3.8) is 0 Å². The van der Waals surface area contributed by atoms with Gasteiger partial charge in [-0.15, -0.1) is 0 Å². The molecule has 0 radical (unpaired) electrons. The summed E-state index contributed by atoms with van der Waals surface area (Å²) < 4.78 is 28.8. The van der Waals surface area contributed by atoms with Gasteiger partial charge in [0.25, 0.3) is 6.01 Å². The van der Waals surface area contributed by atoms with E-state index in [1.165, 1.54) is 0 Å². The van der Waals surface area contributed by atoms with Gasteiger partial charge in [-0.3, -0.25) is 4.79 Å². The van der Waals surface area contributed by atoms with Crippen LogP contribution in [0.25, 0.3) is 11.2 Å². The SMILES string of the molecule is Cc1ccc2oc(N3CCC(C(=O)NC4CCS(=O)(=O)CC4)CC3)nc2n1. The molecule has 27 heavy (non-hydrogen) atoms. The lowest BCUT2D eigenvalue weighted by atomic mass is 9.95. The number of fused-ring (bicyclic) bond motifs is 1. The van der Waals surface area contributed by atoms with Crippen molar-refractivity contribution in [3.8, 4) is 0 Å². The number of hydrogen-bond acceptors (Lipinski definition) is 7. The summed E-state index contributed by atoms with van der Waals surface area (Å²) in [5.41, 5.74) is 2.17. The van der Waals surface area contributed by atoms with E-state index >= 15 is 0 Å². The van der Waals surface area contributed by atoms with Crippen LogP contribution in [0.3, 0.4) is 0 Å². The maximum atomic E-state index is 12.5. The van der Waals surface area contributed by atoms with Crippen LogP contribution in [-0.4, -0.2) is 54.9 Å². The number of nitrogens with zero attached hydrogens (tertiary/aromatic N) is 3. The molecule has 0 bridgehead atoms. The first-order chi connectivity index (χ1) is 12.9. The van der Waals surface area contributed by atoms with Crippen molar-refractivity contribution in [2.24, 2.45) is 5.92 Å². The monoisotopic (exact) mass is 392 g/mol. The molecule has 2 aromatic heterocycles. The van der Waals surface area contributed by atoms with Gasteiger partial charge in [-0.25, -0.2) is 13.4 Å². The number of piperidine rings is 1. The Labute approximate surface area is 158 Å². The number of carbonyl (C=O) groups excluding carboxylic acids is 1. The van der Waals surface area contributed by atoms with Gasteiger partial charge in [0.15, 0.2) is 5.58 Å². The number of pyridine rings is 1. The van der Waals surface area contributed by atoms with Crippen LogP contribution in [0.2, 0.25) is 0 Å². The third-order valence-electron chi connectivity index (χ3n) is 5.42. The van der Waals surface area contributed by atoms with E-state index in [-0.39, 0.29) is 29.4 Å². The summed E-state index contributed by atoms with van der Waals surface area (Å²) in [7, 11) is -2.91. The maximum absolute atomic E-state index is 12.5. The minimum absolute atomic E-state index is 0.0228. The normalized spacial score (nSPS) is 21.4. The van der Waals surface area contributed by atoms with Gasteiger partial charge >= 0.3 is 0 Å². The minimum atomic E-state index is -2.91. The number of anilines is 1. The van der Waals surface area contributed by atoms with E-state index in [1.807, 2.05) is 24.0 Å². The van der Waals surface area contributed by atoms with Crippen LogP contribution < -0.4 is 10.2 Å². The first-order valence-electron chi connectivity index (χ1n) is 9.39. The van der Waals surface area contributed by atoms with Gasteiger partial charge in [0.05, 0.1) is 11.5 Å². The van der Waals surface area contributed by atoms with Crippen molar-refractivity contribution in [2.45, 2.75) is 38.6 Å². The number of rotatable bonds is 3. The molecule has 0 spiro atoms. The summed E-state index contributed by atoms with van der Waals surface area (Å²) in [4.78, 5) is 23.4. The number of aromatic nitrogens is 2. The summed E-state index contributed by atoms with van der Waals surface area (Å²) in [6.07, 6.45) is 2.48. The van der Waals surface area contributed by atoms with Gasteiger partial charge in [0.1, 0.15) is 9.84 Å². The molecule has 0 unspecified atom stereocenters. The molecule has 2 fully saturated rings. The Morgan fingerprint density at radius 1 is 1.15 bits per heavy atom. The topological polar surface area (TPSA) is 105 Å². The zero-order valence-corrected chi connectivity index (χ0v) is 16.2.